The molecule has 0 fully saturated rings. The summed E-state index contributed by atoms with van der Waals surface area (Å²) in [6.45, 7) is 5.91. The fraction of sp³-hybridized carbons (Fsp3) is 0.483. The number of Topliss-reactive ketones (excluding diaryl/α,β-unsaturated/α-hetero) is 1. The van der Waals surface area contributed by atoms with Crippen molar-refractivity contribution in [3.63, 3.8) is 0 Å². The number of rotatable bonds is 17. The Morgan fingerprint density at radius 1 is 1.11 bits per heavy atom. The summed E-state index contributed by atoms with van der Waals surface area (Å²) < 4.78 is 15.9. The summed E-state index contributed by atoms with van der Waals surface area (Å²) in [5.41, 5.74) is 0.699. The first-order valence-electron chi connectivity index (χ1n) is 13.0. The van der Waals surface area contributed by atoms with Gasteiger partial charge in [0.2, 0.25) is 11.8 Å². The Morgan fingerprint density at radius 3 is 2.53 bits per heavy atom. The number of hydrogen-bond acceptors (Lipinski definition) is 7. The maximum Gasteiger partial charge on any atom is 0.244 e. The predicted octanol–water partition coefficient (Wildman–Crippen LogP) is 5.02. The van der Waals surface area contributed by atoms with Crippen LogP contribution in [0.2, 0.25) is 0 Å². The monoisotopic (exact) mass is 544 g/mol. The molecule has 38 heavy (non-hydrogen) atoms. The fourth-order valence-corrected chi connectivity index (χ4v) is 4.63. The number of carbonyl (C=O) groups excluding carboxylic acids is 3. The van der Waals surface area contributed by atoms with E-state index in [-0.39, 0.29) is 23.4 Å². The van der Waals surface area contributed by atoms with Crippen molar-refractivity contribution in [2.75, 3.05) is 20.0 Å². The van der Waals surface area contributed by atoms with E-state index in [4.69, 9.17) is 13.9 Å². The minimum absolute atomic E-state index is 0.0379. The van der Waals surface area contributed by atoms with Crippen LogP contribution in [-0.2, 0) is 20.1 Å². The van der Waals surface area contributed by atoms with Gasteiger partial charge in [0.15, 0.2) is 5.78 Å². The fourth-order valence-electron chi connectivity index (χ4n) is 3.76. The standard InChI is InChI=1S/C29H40N2O6S/c1-6-8-11-24(25(32)19-38-18-23-10-9-16-37-23)30-29(34)28(20(3)7-2)31-27(33)15-13-21-12-14-22(35-4)17-26(21)36-5/h9-10,12-17,20,24,28H,6-8,11,18-19H2,1-5H3,(H,30,34)(H,31,33)/b15-13+/t20?,24-,28?/m0/s1. The number of ether oxygens (including phenoxy) is 2. The molecule has 1 aromatic carbocycles. The van der Waals surface area contributed by atoms with E-state index >= 15 is 0 Å². The average molecular weight is 545 g/mol. The molecule has 0 saturated heterocycles. The molecule has 8 nitrogen and oxygen atoms in total. The van der Waals surface area contributed by atoms with Crippen molar-refractivity contribution in [3.8, 4) is 11.5 Å². The first kappa shape index (κ1) is 31.0. The molecule has 0 spiro atoms. The van der Waals surface area contributed by atoms with Crippen molar-refractivity contribution in [1.82, 2.24) is 10.6 Å². The lowest BCUT2D eigenvalue weighted by atomic mass is 9.97. The molecule has 0 aliphatic rings. The number of benzene rings is 1. The van der Waals surface area contributed by atoms with E-state index < -0.39 is 18.0 Å². The van der Waals surface area contributed by atoms with Crippen LogP contribution in [0, 0.1) is 5.92 Å². The summed E-state index contributed by atoms with van der Waals surface area (Å²) in [6.07, 6.45) is 7.56. The van der Waals surface area contributed by atoms with Gasteiger partial charge in [0.25, 0.3) is 0 Å². The molecule has 0 radical (unpaired) electrons. The summed E-state index contributed by atoms with van der Waals surface area (Å²) in [5, 5.41) is 5.75. The van der Waals surface area contributed by atoms with Crippen molar-refractivity contribution in [2.24, 2.45) is 5.92 Å². The molecule has 208 valence electrons. The number of nitrogens with one attached hydrogen (secondary N) is 2. The van der Waals surface area contributed by atoms with Gasteiger partial charge in [0.05, 0.1) is 38.0 Å². The number of ketones is 1. The largest absolute Gasteiger partial charge is 0.497 e. The first-order valence-corrected chi connectivity index (χ1v) is 14.1. The smallest absolute Gasteiger partial charge is 0.244 e. The van der Waals surface area contributed by atoms with Crippen LogP contribution in [0.15, 0.2) is 47.1 Å². The van der Waals surface area contributed by atoms with Crippen molar-refractivity contribution in [3.05, 3.63) is 54.0 Å². The second-order valence-corrected chi connectivity index (χ2v) is 10.0. The summed E-state index contributed by atoms with van der Waals surface area (Å²) in [5.74, 6) is 1.93. The van der Waals surface area contributed by atoms with Crippen molar-refractivity contribution in [2.45, 2.75) is 64.3 Å². The van der Waals surface area contributed by atoms with Gasteiger partial charge in [0.1, 0.15) is 23.3 Å². The molecule has 0 bridgehead atoms. The van der Waals surface area contributed by atoms with Crippen LogP contribution >= 0.6 is 11.8 Å². The van der Waals surface area contributed by atoms with Crippen molar-refractivity contribution in [1.29, 1.82) is 0 Å². The van der Waals surface area contributed by atoms with Crippen molar-refractivity contribution < 1.29 is 28.3 Å². The van der Waals surface area contributed by atoms with Gasteiger partial charge < -0.3 is 24.5 Å². The van der Waals surface area contributed by atoms with Gasteiger partial charge in [-0.3, -0.25) is 14.4 Å². The molecule has 0 aliphatic heterocycles. The number of hydrogen-bond donors (Lipinski definition) is 2. The molecule has 2 amide bonds. The molecule has 1 aromatic heterocycles. The zero-order chi connectivity index (χ0) is 27.9. The molecule has 9 heteroatoms. The van der Waals surface area contributed by atoms with E-state index in [1.54, 1.807) is 44.8 Å². The number of methoxy groups -OCH3 is 2. The highest BCUT2D eigenvalue weighted by atomic mass is 32.2. The highest BCUT2D eigenvalue weighted by molar-refractivity contribution is 7.99. The molecule has 0 saturated carbocycles. The summed E-state index contributed by atoms with van der Waals surface area (Å²) in [6, 6.07) is 7.59. The number of carbonyl (C=O) groups is 3. The van der Waals surface area contributed by atoms with Crippen LogP contribution in [0.5, 0.6) is 11.5 Å². The summed E-state index contributed by atoms with van der Waals surface area (Å²) in [4.78, 5) is 39.1. The highest BCUT2D eigenvalue weighted by Gasteiger charge is 2.29. The molecule has 2 N–H and O–H groups in total. The van der Waals surface area contributed by atoms with E-state index in [1.807, 2.05) is 32.9 Å². The van der Waals surface area contributed by atoms with Gasteiger partial charge >= 0.3 is 0 Å². The number of furan rings is 1. The Kier molecular flexibility index (Phi) is 13.6. The number of thioether (sulfide) groups is 1. The Balaban J connectivity index is 2.06. The zero-order valence-electron chi connectivity index (χ0n) is 23.0. The molecular formula is C29H40N2O6S. The summed E-state index contributed by atoms with van der Waals surface area (Å²) in [7, 11) is 3.11. The zero-order valence-corrected chi connectivity index (χ0v) is 23.8. The van der Waals surface area contributed by atoms with E-state index in [2.05, 4.69) is 10.6 Å². The third-order valence-corrected chi connectivity index (χ3v) is 7.25. The van der Waals surface area contributed by atoms with Crippen LogP contribution in [-0.4, -0.2) is 49.7 Å². The van der Waals surface area contributed by atoms with Crippen LogP contribution in [0.1, 0.15) is 57.8 Å². The lowest BCUT2D eigenvalue weighted by molar-refractivity contribution is -0.131. The SMILES string of the molecule is CCCC[C@H](NC(=O)C(NC(=O)/C=C/c1ccc(OC)cc1OC)C(C)CC)C(=O)CSCc1ccco1. The second kappa shape index (κ2) is 16.6. The molecular weight excluding hydrogens is 504 g/mol. The average Bonchev–Trinajstić information content (AvgIpc) is 3.45. The molecule has 1 heterocycles. The second-order valence-electron chi connectivity index (χ2n) is 9.05. The first-order chi connectivity index (χ1) is 18.3. The predicted molar refractivity (Wildman–Crippen MR) is 151 cm³/mol. The highest BCUT2D eigenvalue weighted by Crippen LogP contribution is 2.25. The number of amides is 2. The van der Waals surface area contributed by atoms with Crippen LogP contribution in [0.25, 0.3) is 6.08 Å². The van der Waals surface area contributed by atoms with Gasteiger partial charge in [-0.25, -0.2) is 0 Å². The molecule has 2 aromatic rings. The number of unbranched alkanes of at least 4 members (excludes halogenated alkanes) is 1. The Labute approximate surface area is 229 Å². The third kappa shape index (κ3) is 9.93. The molecule has 2 rings (SSSR count). The Hall–Kier alpha value is -3.20. The van der Waals surface area contributed by atoms with E-state index in [9.17, 15) is 14.4 Å². The molecule has 0 aliphatic carbocycles. The quantitative estimate of drug-likeness (QED) is 0.269. The van der Waals surface area contributed by atoms with Crippen LogP contribution in [0.3, 0.4) is 0 Å². The van der Waals surface area contributed by atoms with E-state index in [0.29, 0.717) is 35.7 Å². The maximum atomic E-state index is 13.3. The van der Waals surface area contributed by atoms with E-state index in [1.165, 1.54) is 17.8 Å². The van der Waals surface area contributed by atoms with E-state index in [0.717, 1.165) is 18.6 Å². The van der Waals surface area contributed by atoms with Crippen LogP contribution in [0.4, 0.5) is 0 Å². The molecule has 2 unspecified atom stereocenters. The van der Waals surface area contributed by atoms with Gasteiger partial charge in [-0.2, -0.15) is 0 Å². The minimum Gasteiger partial charge on any atom is -0.497 e. The van der Waals surface area contributed by atoms with Gasteiger partial charge in [0, 0.05) is 17.7 Å². The Morgan fingerprint density at radius 2 is 1.89 bits per heavy atom. The third-order valence-electron chi connectivity index (χ3n) is 6.27. The van der Waals surface area contributed by atoms with Gasteiger partial charge in [-0.15, -0.1) is 11.8 Å². The van der Waals surface area contributed by atoms with Gasteiger partial charge in [-0.05, 0) is 42.7 Å². The van der Waals surface area contributed by atoms with Crippen LogP contribution < -0.4 is 20.1 Å². The Bertz CT molecular complexity index is 1050. The lowest BCUT2D eigenvalue weighted by Gasteiger charge is -2.26. The summed E-state index contributed by atoms with van der Waals surface area (Å²) >= 11 is 1.46. The van der Waals surface area contributed by atoms with Gasteiger partial charge in [-0.1, -0.05) is 40.0 Å². The molecule has 3 atom stereocenters. The normalized spacial score (nSPS) is 13.5. The topological polar surface area (TPSA) is 107 Å². The maximum absolute atomic E-state index is 13.3. The van der Waals surface area contributed by atoms with Crippen molar-refractivity contribution >= 4 is 35.4 Å². The minimum atomic E-state index is -0.775. The lowest BCUT2D eigenvalue weighted by Crippen LogP contribution is -2.54.